The van der Waals surface area contributed by atoms with Gasteiger partial charge in [-0.3, -0.25) is 0 Å². The van der Waals surface area contributed by atoms with Crippen molar-refractivity contribution in [2.75, 3.05) is 0 Å². The normalized spacial score (nSPS) is 15.7. The predicted molar refractivity (Wildman–Crippen MR) is 57.3 cm³/mol. The molecule has 1 aromatic carbocycles. The SMILES string of the molecule is CCC(O)(S)c1ccc(Br)cc1. The van der Waals surface area contributed by atoms with Crippen LogP contribution in [0.3, 0.4) is 0 Å². The van der Waals surface area contributed by atoms with Gasteiger partial charge in [-0.05, 0) is 24.1 Å². The van der Waals surface area contributed by atoms with E-state index < -0.39 is 4.93 Å². The fourth-order valence-electron chi connectivity index (χ4n) is 0.921. The summed E-state index contributed by atoms with van der Waals surface area (Å²) in [6, 6.07) is 7.51. The van der Waals surface area contributed by atoms with Crippen LogP contribution in [0.2, 0.25) is 0 Å². The average molecular weight is 247 g/mol. The first-order valence-corrected chi connectivity index (χ1v) is 5.01. The lowest BCUT2D eigenvalue weighted by molar-refractivity contribution is 0.136. The second-order valence-corrected chi connectivity index (χ2v) is 4.33. The summed E-state index contributed by atoms with van der Waals surface area (Å²) in [4.78, 5) is -0.999. The minimum Gasteiger partial charge on any atom is -0.376 e. The summed E-state index contributed by atoms with van der Waals surface area (Å²) in [5.41, 5.74) is 0.830. The lowest BCUT2D eigenvalue weighted by Gasteiger charge is -2.20. The van der Waals surface area contributed by atoms with Gasteiger partial charge in [0.15, 0.2) is 0 Å². The van der Waals surface area contributed by atoms with Crippen LogP contribution < -0.4 is 0 Å². The van der Waals surface area contributed by atoms with E-state index in [1.165, 1.54) is 0 Å². The fourth-order valence-corrected chi connectivity index (χ4v) is 1.33. The Kier molecular flexibility index (Phi) is 3.21. The molecule has 3 heteroatoms. The molecule has 1 unspecified atom stereocenters. The van der Waals surface area contributed by atoms with Crippen molar-refractivity contribution in [3.8, 4) is 0 Å². The molecule has 0 saturated carbocycles. The average Bonchev–Trinajstić information content (AvgIpc) is 2.05. The van der Waals surface area contributed by atoms with E-state index in [0.29, 0.717) is 6.42 Å². The molecule has 0 radical (unpaired) electrons. The van der Waals surface area contributed by atoms with Crippen molar-refractivity contribution < 1.29 is 5.11 Å². The third-order valence-corrected chi connectivity index (χ3v) is 2.90. The zero-order valence-corrected chi connectivity index (χ0v) is 9.27. The van der Waals surface area contributed by atoms with Crippen molar-refractivity contribution in [1.82, 2.24) is 0 Å². The molecule has 0 fully saturated rings. The number of benzene rings is 1. The van der Waals surface area contributed by atoms with Crippen molar-refractivity contribution in [1.29, 1.82) is 0 Å². The van der Waals surface area contributed by atoms with E-state index in [1.54, 1.807) is 0 Å². The van der Waals surface area contributed by atoms with Gasteiger partial charge in [0.1, 0.15) is 4.93 Å². The molecule has 66 valence electrons. The van der Waals surface area contributed by atoms with Crippen molar-refractivity contribution in [2.45, 2.75) is 18.3 Å². The molecule has 0 aromatic heterocycles. The number of thiol groups is 1. The zero-order chi connectivity index (χ0) is 9.19. The minimum atomic E-state index is -0.999. The van der Waals surface area contributed by atoms with Gasteiger partial charge in [0.25, 0.3) is 0 Å². The minimum absolute atomic E-state index is 0.595. The summed E-state index contributed by atoms with van der Waals surface area (Å²) in [6.45, 7) is 1.90. The Balaban J connectivity index is 2.96. The Morgan fingerprint density at radius 3 is 2.33 bits per heavy atom. The molecule has 1 nitrogen and oxygen atoms in total. The number of halogens is 1. The van der Waals surface area contributed by atoms with E-state index in [1.807, 2.05) is 31.2 Å². The van der Waals surface area contributed by atoms with Crippen LogP contribution in [0.4, 0.5) is 0 Å². The molecule has 0 saturated heterocycles. The summed E-state index contributed by atoms with van der Waals surface area (Å²) in [7, 11) is 0. The number of hydrogen-bond acceptors (Lipinski definition) is 2. The molecule has 1 rings (SSSR count). The summed E-state index contributed by atoms with van der Waals surface area (Å²) >= 11 is 7.48. The summed E-state index contributed by atoms with van der Waals surface area (Å²) in [6.07, 6.45) is 0.595. The second-order valence-electron chi connectivity index (χ2n) is 2.68. The smallest absolute Gasteiger partial charge is 0.133 e. The predicted octanol–water partition coefficient (Wildman–Crippen LogP) is 2.93. The molecule has 12 heavy (non-hydrogen) atoms. The van der Waals surface area contributed by atoms with Gasteiger partial charge in [-0.15, -0.1) is 12.6 Å². The first-order chi connectivity index (χ1) is 5.56. The highest BCUT2D eigenvalue weighted by molar-refractivity contribution is 9.10. The lowest BCUT2D eigenvalue weighted by atomic mass is 10.1. The molecule has 0 spiro atoms. The van der Waals surface area contributed by atoms with E-state index >= 15 is 0 Å². The van der Waals surface area contributed by atoms with E-state index in [-0.39, 0.29) is 0 Å². The largest absolute Gasteiger partial charge is 0.376 e. The van der Waals surface area contributed by atoms with E-state index in [4.69, 9.17) is 0 Å². The molecule has 0 aliphatic heterocycles. The topological polar surface area (TPSA) is 20.2 Å². The van der Waals surface area contributed by atoms with Gasteiger partial charge in [0.2, 0.25) is 0 Å². The molecular weight excluding hydrogens is 236 g/mol. The highest BCUT2D eigenvalue weighted by Crippen LogP contribution is 2.29. The van der Waals surface area contributed by atoms with Crippen LogP contribution in [0.1, 0.15) is 18.9 Å². The zero-order valence-electron chi connectivity index (χ0n) is 6.79. The van der Waals surface area contributed by atoms with Gasteiger partial charge in [-0.25, -0.2) is 0 Å². The second kappa shape index (κ2) is 3.81. The van der Waals surface area contributed by atoms with Crippen LogP contribution >= 0.6 is 28.6 Å². The monoisotopic (exact) mass is 246 g/mol. The third kappa shape index (κ3) is 2.25. The van der Waals surface area contributed by atoms with Crippen LogP contribution in [-0.2, 0) is 4.93 Å². The third-order valence-electron chi connectivity index (χ3n) is 1.80. The maximum absolute atomic E-state index is 9.73. The van der Waals surface area contributed by atoms with Gasteiger partial charge in [-0.1, -0.05) is 35.0 Å². The van der Waals surface area contributed by atoms with Gasteiger partial charge < -0.3 is 5.11 Å². The van der Waals surface area contributed by atoms with Crippen LogP contribution in [-0.4, -0.2) is 5.11 Å². The quantitative estimate of drug-likeness (QED) is 0.608. The van der Waals surface area contributed by atoms with Crippen LogP contribution in [0, 0.1) is 0 Å². The van der Waals surface area contributed by atoms with Crippen molar-refractivity contribution in [2.24, 2.45) is 0 Å². The lowest BCUT2D eigenvalue weighted by Crippen LogP contribution is -2.15. The van der Waals surface area contributed by atoms with Gasteiger partial charge >= 0.3 is 0 Å². The molecule has 0 bridgehead atoms. The number of rotatable bonds is 2. The Morgan fingerprint density at radius 1 is 1.42 bits per heavy atom. The Hall–Kier alpha value is 0.01000. The molecule has 0 aliphatic rings. The first-order valence-electron chi connectivity index (χ1n) is 3.77. The summed E-state index contributed by atoms with van der Waals surface area (Å²) in [5, 5.41) is 9.73. The van der Waals surface area contributed by atoms with E-state index in [9.17, 15) is 5.11 Å². The standard InChI is InChI=1S/C9H11BrOS/c1-2-9(11,12)7-3-5-8(10)6-4-7/h3-6,11-12H,2H2,1H3. The van der Waals surface area contributed by atoms with E-state index in [2.05, 4.69) is 28.6 Å². The van der Waals surface area contributed by atoms with Crippen molar-refractivity contribution in [3.63, 3.8) is 0 Å². The van der Waals surface area contributed by atoms with Gasteiger partial charge in [0, 0.05) is 4.47 Å². The molecule has 1 N–H and O–H groups in total. The van der Waals surface area contributed by atoms with Gasteiger partial charge in [-0.2, -0.15) is 0 Å². The van der Waals surface area contributed by atoms with Gasteiger partial charge in [0.05, 0.1) is 0 Å². The number of aliphatic hydroxyl groups is 1. The van der Waals surface area contributed by atoms with Crippen molar-refractivity contribution in [3.05, 3.63) is 34.3 Å². The van der Waals surface area contributed by atoms with E-state index in [0.717, 1.165) is 10.0 Å². The molecular formula is C9H11BrOS. The summed E-state index contributed by atoms with van der Waals surface area (Å²) in [5.74, 6) is 0. The fraction of sp³-hybridized carbons (Fsp3) is 0.333. The Bertz CT molecular complexity index is 256. The van der Waals surface area contributed by atoms with Crippen LogP contribution in [0.25, 0.3) is 0 Å². The highest BCUT2D eigenvalue weighted by Gasteiger charge is 2.20. The summed E-state index contributed by atoms with van der Waals surface area (Å²) < 4.78 is 1.01. The van der Waals surface area contributed by atoms with Crippen LogP contribution in [0.15, 0.2) is 28.7 Å². The number of hydrogen-bond donors (Lipinski definition) is 2. The Labute approximate surface area is 86.3 Å². The van der Waals surface area contributed by atoms with Crippen molar-refractivity contribution >= 4 is 28.6 Å². The maximum Gasteiger partial charge on any atom is 0.133 e. The molecule has 1 aromatic rings. The molecule has 0 aliphatic carbocycles. The first kappa shape index (κ1) is 10.1. The van der Waals surface area contributed by atoms with Crippen LogP contribution in [0.5, 0.6) is 0 Å². The highest BCUT2D eigenvalue weighted by atomic mass is 79.9. The molecule has 0 heterocycles. The molecule has 0 amide bonds. The Morgan fingerprint density at radius 2 is 1.92 bits per heavy atom. The molecule has 1 atom stereocenters. The maximum atomic E-state index is 9.73.